The van der Waals surface area contributed by atoms with Crippen LogP contribution in [0.3, 0.4) is 0 Å². The van der Waals surface area contributed by atoms with Gasteiger partial charge in [-0.1, -0.05) is 30.1 Å². The number of aliphatic hydroxyl groups excluding tert-OH is 1. The van der Waals surface area contributed by atoms with Crippen molar-refractivity contribution in [1.82, 2.24) is 4.98 Å². The number of nitro groups is 1. The van der Waals surface area contributed by atoms with Gasteiger partial charge in [-0.3, -0.25) is 20.1 Å². The molecule has 1 N–H and O–H groups in total. The topological polar surface area (TPSA) is 134 Å². The molecule has 25 heavy (non-hydrogen) atoms. The predicted octanol–water partition coefficient (Wildman–Crippen LogP) is 1.95. The minimum absolute atomic E-state index is 0. The first-order chi connectivity index (χ1) is 11.6. The van der Waals surface area contributed by atoms with Gasteiger partial charge in [0.25, 0.3) is 5.69 Å². The molecule has 0 saturated heterocycles. The molecule has 0 aliphatic carbocycles. The summed E-state index contributed by atoms with van der Waals surface area (Å²) in [6, 6.07) is 9.00. The molecule has 135 valence electrons. The van der Waals surface area contributed by atoms with E-state index in [-0.39, 0.29) is 34.1 Å². The van der Waals surface area contributed by atoms with Gasteiger partial charge in [-0.25, -0.2) is 0 Å². The minimum Gasteiger partial charge on any atom is -0.872 e. The first kappa shape index (κ1) is 24.8. The molecular formula is C15H14CuN4O4S. The summed E-state index contributed by atoms with van der Waals surface area (Å²) in [7, 11) is 1.00. The summed E-state index contributed by atoms with van der Waals surface area (Å²) < 4.78 is 0. The first-order valence-corrected chi connectivity index (χ1v) is 6.80. The number of nitrogens with zero attached hydrogens (tertiary/aromatic N) is 4. The van der Waals surface area contributed by atoms with Gasteiger partial charge in [-0.2, -0.15) is 5.16 Å². The minimum atomic E-state index is -0.546. The van der Waals surface area contributed by atoms with E-state index in [1.807, 2.05) is 12.1 Å². The second-order valence-corrected chi connectivity index (χ2v) is 4.04. The molecule has 2 rings (SSSR count). The normalized spacial score (nSPS) is 8.72. The molecule has 8 nitrogen and oxygen atoms in total. The van der Waals surface area contributed by atoms with Gasteiger partial charge in [-0.05, 0) is 17.7 Å². The van der Waals surface area contributed by atoms with Crippen LogP contribution in [0.4, 0.5) is 5.69 Å². The van der Waals surface area contributed by atoms with E-state index in [4.69, 9.17) is 10.5 Å². The average Bonchev–Trinajstić information content (AvgIpc) is 2.60. The van der Waals surface area contributed by atoms with Crippen LogP contribution in [0.25, 0.3) is 5.41 Å². The summed E-state index contributed by atoms with van der Waals surface area (Å²) in [6.45, 7) is 0.322. The Balaban J connectivity index is 0. The van der Waals surface area contributed by atoms with Gasteiger partial charge < -0.3 is 15.6 Å². The fourth-order valence-corrected chi connectivity index (χ4v) is 1.48. The summed E-state index contributed by atoms with van der Waals surface area (Å²) in [5, 5.41) is 37.6. The zero-order chi connectivity index (χ0) is 18.4. The molecular weight excluding hydrogens is 396 g/mol. The maximum atomic E-state index is 11.5. The number of benzene rings is 1. The van der Waals surface area contributed by atoms with E-state index < -0.39 is 4.92 Å². The second kappa shape index (κ2) is 15.1. The van der Waals surface area contributed by atoms with Gasteiger partial charge in [0.05, 0.1) is 17.2 Å². The molecule has 1 aromatic heterocycles. The SMILES string of the molecule is CO.O=[N+]([O-])c1ccc([O-])c(C=NCc2ccccn2)c1.[Cu+2].[N-]=C=S. The van der Waals surface area contributed by atoms with E-state index in [0.29, 0.717) is 6.54 Å². The van der Waals surface area contributed by atoms with E-state index in [0.717, 1.165) is 12.8 Å². The Labute approximate surface area is 160 Å². The quantitative estimate of drug-likeness (QED) is 0.269. The van der Waals surface area contributed by atoms with Gasteiger partial charge in [0.15, 0.2) is 0 Å². The van der Waals surface area contributed by atoms with Crippen molar-refractivity contribution in [2.45, 2.75) is 6.54 Å². The third-order valence-corrected chi connectivity index (χ3v) is 2.41. The Morgan fingerprint density at radius 3 is 2.56 bits per heavy atom. The number of hydrogen-bond acceptors (Lipinski definition) is 7. The van der Waals surface area contributed by atoms with Crippen LogP contribution in [0.5, 0.6) is 5.75 Å². The Kier molecular flexibility index (Phi) is 14.9. The van der Waals surface area contributed by atoms with E-state index in [2.05, 4.69) is 22.2 Å². The molecule has 0 atom stereocenters. The van der Waals surface area contributed by atoms with Crippen LogP contribution in [0.15, 0.2) is 47.6 Å². The number of isothiocyanates is 1. The number of hydrogen-bond donors (Lipinski definition) is 1. The van der Waals surface area contributed by atoms with Crippen molar-refractivity contribution < 1.29 is 32.2 Å². The summed E-state index contributed by atoms with van der Waals surface area (Å²) >= 11 is 3.70. The van der Waals surface area contributed by atoms with Crippen LogP contribution in [0, 0.1) is 10.1 Å². The second-order valence-electron chi connectivity index (χ2n) is 3.86. The third kappa shape index (κ3) is 10.1. The van der Waals surface area contributed by atoms with E-state index >= 15 is 0 Å². The summed E-state index contributed by atoms with van der Waals surface area (Å²) in [5.41, 5.74) is 0.834. The van der Waals surface area contributed by atoms with Crippen LogP contribution < -0.4 is 5.11 Å². The molecule has 0 fully saturated rings. The van der Waals surface area contributed by atoms with E-state index in [1.54, 1.807) is 12.3 Å². The zero-order valence-electron chi connectivity index (χ0n) is 13.0. The molecule has 0 amide bonds. The van der Waals surface area contributed by atoms with Crippen LogP contribution in [0.2, 0.25) is 0 Å². The monoisotopic (exact) mass is 409 g/mol. The number of aliphatic hydroxyl groups is 1. The number of pyridine rings is 1. The molecule has 0 bridgehead atoms. The molecule has 2 aromatic rings. The molecule has 0 aliphatic rings. The predicted molar refractivity (Wildman–Crippen MR) is 92.2 cm³/mol. The fourth-order valence-electron chi connectivity index (χ4n) is 1.48. The van der Waals surface area contributed by atoms with Crippen molar-refractivity contribution in [3.63, 3.8) is 0 Å². The molecule has 1 radical (unpaired) electrons. The van der Waals surface area contributed by atoms with Crippen molar-refractivity contribution in [3.05, 3.63) is 69.4 Å². The number of aliphatic imine (C=N–C) groups is 1. The number of non-ortho nitro benzene ring substituents is 1. The Morgan fingerprint density at radius 1 is 1.40 bits per heavy atom. The molecule has 0 saturated carbocycles. The van der Waals surface area contributed by atoms with E-state index in [1.165, 1.54) is 29.6 Å². The molecule has 0 aliphatic heterocycles. The van der Waals surface area contributed by atoms with Crippen molar-refractivity contribution in [2.75, 3.05) is 7.11 Å². The Morgan fingerprint density at radius 2 is 2.04 bits per heavy atom. The van der Waals surface area contributed by atoms with E-state index in [9.17, 15) is 15.2 Å². The molecule has 10 heteroatoms. The summed E-state index contributed by atoms with van der Waals surface area (Å²) in [4.78, 5) is 18.2. The maximum Gasteiger partial charge on any atom is 2.00 e. The van der Waals surface area contributed by atoms with Gasteiger partial charge in [-0.15, -0.1) is 0 Å². The largest absolute Gasteiger partial charge is 2.00 e. The van der Waals surface area contributed by atoms with Crippen molar-refractivity contribution in [3.8, 4) is 5.75 Å². The van der Waals surface area contributed by atoms with Crippen molar-refractivity contribution in [1.29, 1.82) is 0 Å². The number of thiocarbonyl (C=S) groups is 1. The van der Waals surface area contributed by atoms with Crippen molar-refractivity contribution >= 4 is 29.3 Å². The zero-order valence-corrected chi connectivity index (χ0v) is 14.8. The number of rotatable bonds is 4. The molecule has 0 spiro atoms. The molecule has 1 aromatic carbocycles. The van der Waals surface area contributed by atoms with Gasteiger partial charge >= 0.3 is 17.1 Å². The smallest absolute Gasteiger partial charge is 0.872 e. The first-order valence-electron chi connectivity index (χ1n) is 6.39. The van der Waals surface area contributed by atoms with Gasteiger partial charge in [0.1, 0.15) is 0 Å². The average molecular weight is 410 g/mol. The number of nitro benzene ring substituents is 1. The standard InChI is InChI=1S/C13H11N3O3.CNS.CH4O.Cu/c17-13-5-4-12(16(18)19)7-10(13)8-14-9-11-3-1-2-6-15-11;2-1-3;1-2;/h1-8,17H,9H2;;2H,1H3;/q;-1;;+2/p-1. The van der Waals surface area contributed by atoms with Crippen LogP contribution in [0.1, 0.15) is 11.3 Å². The van der Waals surface area contributed by atoms with Crippen LogP contribution in [-0.4, -0.2) is 33.5 Å². The maximum absolute atomic E-state index is 11.5. The number of aromatic nitrogens is 1. The molecule has 1 heterocycles. The fraction of sp³-hybridized carbons (Fsp3) is 0.133. The Bertz CT molecular complexity index is 708. The Hall–Kier alpha value is -2.48. The van der Waals surface area contributed by atoms with Gasteiger partial charge in [0, 0.05) is 31.7 Å². The van der Waals surface area contributed by atoms with Crippen molar-refractivity contribution in [2.24, 2.45) is 4.99 Å². The summed E-state index contributed by atoms with van der Waals surface area (Å²) in [5.74, 6) is -0.296. The van der Waals surface area contributed by atoms with Crippen LogP contribution in [-0.2, 0) is 23.6 Å². The van der Waals surface area contributed by atoms with Gasteiger partial charge in [0.2, 0.25) is 0 Å². The van der Waals surface area contributed by atoms with Crippen LogP contribution >= 0.6 is 12.2 Å². The third-order valence-electron chi connectivity index (χ3n) is 2.41. The molecule has 0 unspecified atom stereocenters. The summed E-state index contributed by atoms with van der Waals surface area (Å²) in [6.07, 6.45) is 2.99.